The quantitative estimate of drug-likeness (QED) is 0.0596. The molecule has 9 heterocycles. The van der Waals surface area contributed by atoms with E-state index < -0.39 is 5.41 Å². The first-order chi connectivity index (χ1) is 51.6. The molecular weight excluding hydrogens is 1390 g/mol. The third kappa shape index (κ3) is 12.6. The van der Waals surface area contributed by atoms with E-state index in [0.29, 0.717) is 24.5 Å². The number of H-pyrrole nitrogens is 1. The number of benzene rings is 6. The summed E-state index contributed by atoms with van der Waals surface area (Å²) in [5.74, 6) is 1.92. The molecule has 6 aromatic carbocycles. The van der Waals surface area contributed by atoms with Crippen LogP contribution in [-0.4, -0.2) is 63.9 Å². The Morgan fingerprint density at radius 1 is 0.396 bits per heavy atom. The number of halogens is 1. The molecule has 0 unspecified atom stereocenters. The van der Waals surface area contributed by atoms with Gasteiger partial charge in [0, 0.05) is 32.8 Å². The van der Waals surface area contributed by atoms with Gasteiger partial charge in [-0.1, -0.05) is 97.4 Å². The number of aromatic nitrogens is 3. The fraction of sp³-hybridized carbons (Fsp3) is 0.333. The second-order valence-corrected chi connectivity index (χ2v) is 30.6. The topological polar surface area (TPSA) is 243 Å². The summed E-state index contributed by atoms with van der Waals surface area (Å²) in [5.41, 5.74) is 17.0. The van der Waals surface area contributed by atoms with E-state index in [4.69, 9.17) is 13.1 Å². The minimum atomic E-state index is -0.393. The zero-order valence-corrected chi connectivity index (χ0v) is 60.5. The standard InChI is InChI=1S/C18H16BN3O2.C17H17BN2O2.C17H15N3O.C12H12BrNO.C12H13NO.C8H7NO/c1-20-16-7-6-15(22(16)11-19-24)12-4-5-14-13(10-12)18(17(23)21-14)8-2-3-9-18;21-16-17(7-1-2-8-17)13-10-12(5-6-14(13)19-16)15-4-3-9-20(15)11-18-22;1-18-15-7-6-13(19-15)11-4-5-14-12(10-11)17(16(21)20-14)8-2-3-9-17;13-8-3-4-10-9(7-8)12(11(15)14-10)5-1-2-6-12;14-11-12(7-3-4-8-12)9-5-1-2-6-10(9)13-11;10-8-5-6-3-1-2-4-7(6)9-8/h4-7,10H,2-3,8-9,11H2,(H,21,23);3-6,9-10H,1-2,7-8,11H2,(H,19,21);4-7,10,19H,2-3,8-9H2,(H,20,21);3-4,7H,1-2,5-6H2,(H,14,15);1-2,5-6H,3-4,7-8H2,(H,13,14);1-4H,5H2,(H,9,10). The Labute approximate surface area is 625 Å². The molecule has 0 radical (unpaired) electrons. The van der Waals surface area contributed by atoms with Crippen LogP contribution in [0.3, 0.4) is 0 Å². The Balaban J connectivity index is 0.000000104. The second-order valence-electron chi connectivity index (χ2n) is 29.7. The van der Waals surface area contributed by atoms with Gasteiger partial charge in [-0.15, -0.1) is 0 Å². The molecule has 0 bridgehead atoms. The number of para-hydroxylation sites is 2. The van der Waals surface area contributed by atoms with Crippen molar-refractivity contribution < 1.29 is 38.2 Å². The molecule has 6 amide bonds. The number of rotatable bonds is 7. The fourth-order valence-electron chi connectivity index (χ4n) is 18.6. The average Bonchev–Trinajstić information content (AvgIpc) is 1.61. The number of anilines is 6. The summed E-state index contributed by atoms with van der Waals surface area (Å²) in [7, 11) is 1.70. The van der Waals surface area contributed by atoms with E-state index in [-0.39, 0.29) is 63.5 Å². The zero-order chi connectivity index (χ0) is 73.4. The van der Waals surface area contributed by atoms with Crippen molar-refractivity contribution in [3.63, 3.8) is 0 Å². The first-order valence-corrected chi connectivity index (χ1v) is 37.8. The molecule has 532 valence electrons. The Morgan fingerprint density at radius 3 is 1.29 bits per heavy atom. The summed E-state index contributed by atoms with van der Waals surface area (Å²) in [4.78, 5) is 82.1. The van der Waals surface area contributed by atoms with Gasteiger partial charge in [-0.25, -0.2) is 0 Å². The zero-order valence-electron chi connectivity index (χ0n) is 58.9. The number of hydrogen-bond donors (Lipinski definition) is 7. The molecule has 5 saturated carbocycles. The molecule has 7 N–H and O–H groups in total. The van der Waals surface area contributed by atoms with Crippen LogP contribution in [0.2, 0.25) is 0 Å². The van der Waals surface area contributed by atoms with Gasteiger partial charge in [-0.2, -0.15) is 0 Å². The number of nitrogens with zero attached hydrogens (tertiary/aromatic N) is 4. The van der Waals surface area contributed by atoms with Gasteiger partial charge >= 0.3 is 269 Å². The molecule has 6 aliphatic heterocycles. The van der Waals surface area contributed by atoms with Crippen LogP contribution in [0.1, 0.15) is 162 Å². The number of carbonyl (C=O) groups is 6. The average molecular weight is 1470 g/mol. The molecule has 19 nitrogen and oxygen atoms in total. The third-order valence-corrected chi connectivity index (χ3v) is 24.5. The summed E-state index contributed by atoms with van der Waals surface area (Å²) in [6.45, 7) is 14.3. The van der Waals surface area contributed by atoms with E-state index in [9.17, 15) is 38.2 Å². The molecule has 5 aliphatic carbocycles. The van der Waals surface area contributed by atoms with Crippen molar-refractivity contribution >= 4 is 111 Å². The van der Waals surface area contributed by atoms with Crippen LogP contribution in [0.25, 0.3) is 43.5 Å². The molecule has 9 aromatic rings. The Bertz CT molecular complexity index is 5100. The van der Waals surface area contributed by atoms with Gasteiger partial charge in [-0.3, -0.25) is 19.2 Å². The molecule has 22 heteroatoms. The van der Waals surface area contributed by atoms with Crippen molar-refractivity contribution in [2.75, 3.05) is 31.9 Å². The van der Waals surface area contributed by atoms with Crippen LogP contribution >= 0.6 is 15.9 Å². The van der Waals surface area contributed by atoms with E-state index in [2.05, 4.69) is 92.8 Å². The molecule has 0 atom stereocenters. The predicted octanol–water partition coefficient (Wildman–Crippen LogP) is 17.2. The van der Waals surface area contributed by atoms with Gasteiger partial charge in [0.25, 0.3) is 0 Å². The van der Waals surface area contributed by atoms with Gasteiger partial charge in [0.2, 0.25) is 29.4 Å². The number of aromatic amines is 1. The number of carbonyl (C=O) groups excluding carboxylic acids is 6. The molecule has 5 fully saturated rings. The SMILES string of the molecule is O=BCn1cccc1-c1ccc2c(c1)C1(CCCC1)C(=O)N2.O=C1Cc2ccccc2N1.O=C1Nc2ccc(Br)cc2C12CCCC2.O=C1Nc2ccccc2C12CCCC2.[C-]#[N+]c1ccc(-c2ccc3c(c2)C2(CCCC2)C(=O)N3)[nH]1.[C-]#[N+]c1ccc(-c2ccc3c(c2)C2(CCCC2)C(=O)N3)n1CB=O. The van der Waals surface area contributed by atoms with Gasteiger partial charge in [0.05, 0.1) is 22.7 Å². The van der Waals surface area contributed by atoms with Crippen molar-refractivity contribution in [2.45, 2.75) is 175 Å². The molecule has 3 aromatic heterocycles. The molecule has 11 aliphatic rings. The van der Waals surface area contributed by atoms with Crippen molar-refractivity contribution in [1.29, 1.82) is 0 Å². The van der Waals surface area contributed by atoms with Gasteiger partial charge < -0.3 is 31.1 Å². The molecule has 20 rings (SSSR count). The molecule has 5 spiro atoms. The number of fused-ring (bicyclic) bond motifs is 11. The fourth-order valence-corrected chi connectivity index (χ4v) is 19.0. The van der Waals surface area contributed by atoms with Crippen LogP contribution < -0.4 is 31.9 Å². The molecule has 106 heavy (non-hydrogen) atoms. The summed E-state index contributed by atoms with van der Waals surface area (Å²) in [6.07, 6.45) is 23.8. The van der Waals surface area contributed by atoms with Crippen molar-refractivity contribution in [1.82, 2.24) is 14.1 Å². The first-order valence-electron chi connectivity index (χ1n) is 37.0. The van der Waals surface area contributed by atoms with Crippen LogP contribution in [0.15, 0.2) is 168 Å². The van der Waals surface area contributed by atoms with Gasteiger partial charge in [-0.05, 0) is 121 Å². The van der Waals surface area contributed by atoms with Crippen LogP contribution in [0, 0.1) is 13.1 Å². The molecule has 0 saturated heterocycles. The predicted molar refractivity (Wildman–Crippen MR) is 415 cm³/mol. The van der Waals surface area contributed by atoms with Crippen molar-refractivity contribution in [2.24, 2.45) is 0 Å². The number of hydrogen-bond acceptors (Lipinski definition) is 8. The normalized spacial score (nSPS) is 18.8. The van der Waals surface area contributed by atoms with E-state index in [1.807, 2.05) is 126 Å². The first kappa shape index (κ1) is 70.8. The van der Waals surface area contributed by atoms with Crippen molar-refractivity contribution in [3.05, 3.63) is 225 Å². The summed E-state index contributed by atoms with van der Waals surface area (Å²) in [5, 5.41) is 17.8. The van der Waals surface area contributed by atoms with Gasteiger partial charge in [0.1, 0.15) is 5.69 Å². The Kier molecular flexibility index (Phi) is 19.5. The van der Waals surface area contributed by atoms with E-state index in [0.717, 1.165) is 212 Å². The maximum absolute atomic E-state index is 12.5. The van der Waals surface area contributed by atoms with E-state index in [1.165, 1.54) is 36.8 Å². The van der Waals surface area contributed by atoms with E-state index >= 15 is 0 Å². The number of nitrogens with one attached hydrogen (secondary N) is 7. The van der Waals surface area contributed by atoms with Crippen molar-refractivity contribution in [3.8, 4) is 33.8 Å². The number of amides is 6. The van der Waals surface area contributed by atoms with Gasteiger partial charge in [0.15, 0.2) is 0 Å². The summed E-state index contributed by atoms with van der Waals surface area (Å²) >= 11 is 3.48. The van der Waals surface area contributed by atoms with E-state index in [1.54, 1.807) is 16.7 Å². The maximum atomic E-state index is 12.5. The Morgan fingerprint density at radius 2 is 0.821 bits per heavy atom. The Hall–Kier alpha value is -10.8. The monoisotopic (exact) mass is 1470 g/mol. The minimum absolute atomic E-state index is 0.0983. The van der Waals surface area contributed by atoms with Crippen LogP contribution in [-0.2, 0) is 84.6 Å². The summed E-state index contributed by atoms with van der Waals surface area (Å²) < 4.78 is 26.5. The second kappa shape index (κ2) is 29.3. The van der Waals surface area contributed by atoms with Crippen LogP contribution in [0.4, 0.5) is 45.8 Å². The summed E-state index contributed by atoms with van der Waals surface area (Å²) in [6, 6.07) is 51.3. The third-order valence-electron chi connectivity index (χ3n) is 24.0. The molecular formula is C84H80B2BrN11O8. The van der Waals surface area contributed by atoms with Crippen LogP contribution in [0.5, 0.6) is 0 Å².